The fourth-order valence-corrected chi connectivity index (χ4v) is 3.55. The summed E-state index contributed by atoms with van der Waals surface area (Å²) in [4.78, 5) is 30.0. The Kier molecular flexibility index (Phi) is 4.10. The summed E-state index contributed by atoms with van der Waals surface area (Å²) in [6.45, 7) is 1.86. The first-order valence-corrected chi connectivity index (χ1v) is 8.74. The average molecular weight is 366 g/mol. The van der Waals surface area contributed by atoms with Gasteiger partial charge in [-0.25, -0.2) is 4.98 Å². The third-order valence-electron chi connectivity index (χ3n) is 3.94. The summed E-state index contributed by atoms with van der Waals surface area (Å²) in [7, 11) is 0. The Balaban J connectivity index is 1.70. The van der Waals surface area contributed by atoms with Crippen LogP contribution in [0.4, 0.5) is 5.82 Å². The quantitative estimate of drug-likeness (QED) is 0.599. The molecule has 1 amide bonds. The van der Waals surface area contributed by atoms with Gasteiger partial charge in [-0.2, -0.15) is 0 Å². The van der Waals surface area contributed by atoms with Crippen LogP contribution in [0.2, 0.25) is 0 Å². The van der Waals surface area contributed by atoms with Crippen LogP contribution < -0.4 is 10.9 Å². The molecule has 0 bridgehead atoms. The molecule has 7 nitrogen and oxygen atoms in total. The predicted molar refractivity (Wildman–Crippen MR) is 99.2 cm³/mol. The van der Waals surface area contributed by atoms with Crippen molar-refractivity contribution in [3.8, 4) is 11.1 Å². The highest BCUT2D eigenvalue weighted by molar-refractivity contribution is 7.17. The van der Waals surface area contributed by atoms with Gasteiger partial charge in [0.15, 0.2) is 5.82 Å². The number of benzene rings is 1. The summed E-state index contributed by atoms with van der Waals surface area (Å²) in [5, 5.41) is 8.62. The number of hydrogen-bond donors (Lipinski definition) is 1. The molecular weight excluding hydrogens is 352 g/mol. The Morgan fingerprint density at radius 2 is 2.08 bits per heavy atom. The second kappa shape index (κ2) is 6.57. The third kappa shape index (κ3) is 3.02. The van der Waals surface area contributed by atoms with Crippen molar-refractivity contribution in [1.29, 1.82) is 0 Å². The first-order valence-electron chi connectivity index (χ1n) is 7.86. The molecule has 130 valence electrons. The topological polar surface area (TPSA) is 90.0 Å². The molecule has 0 aliphatic rings. The van der Waals surface area contributed by atoms with E-state index in [9.17, 15) is 9.59 Å². The second-order valence-electron chi connectivity index (χ2n) is 5.81. The lowest BCUT2D eigenvalue weighted by atomic mass is 10.1. The van der Waals surface area contributed by atoms with Crippen LogP contribution >= 0.6 is 11.3 Å². The van der Waals surface area contributed by atoms with E-state index in [-0.39, 0.29) is 18.0 Å². The van der Waals surface area contributed by atoms with Crippen LogP contribution in [0, 0.1) is 6.92 Å². The minimum Gasteiger partial charge on any atom is -0.363 e. The number of anilines is 1. The number of fused-ring (bicyclic) bond motifs is 1. The number of nitrogens with one attached hydrogen (secondary N) is 1. The van der Waals surface area contributed by atoms with Crippen molar-refractivity contribution >= 4 is 33.3 Å². The molecule has 0 aliphatic carbocycles. The van der Waals surface area contributed by atoms with Gasteiger partial charge in [-0.15, -0.1) is 11.3 Å². The van der Waals surface area contributed by atoms with Crippen LogP contribution in [0.3, 0.4) is 0 Å². The van der Waals surface area contributed by atoms with Crippen LogP contribution in [-0.2, 0) is 11.3 Å². The molecule has 26 heavy (non-hydrogen) atoms. The molecule has 0 spiro atoms. The standard InChI is InChI=1S/C18H14N4O3S/c1-11-2-4-12(5-3-11)13-9-26-17-16(13)18(24)22(10-19-17)8-15(23)20-14-6-7-25-21-14/h2-7,9-10H,8H2,1H3,(H,20,21,23). The maximum Gasteiger partial charge on any atom is 0.263 e. The van der Waals surface area contributed by atoms with Gasteiger partial charge in [-0.05, 0) is 12.5 Å². The fraction of sp³-hybridized carbons (Fsp3) is 0.111. The molecule has 4 rings (SSSR count). The highest BCUT2D eigenvalue weighted by atomic mass is 32.1. The molecule has 0 fully saturated rings. The van der Waals surface area contributed by atoms with E-state index in [2.05, 4.69) is 20.0 Å². The molecule has 0 saturated carbocycles. The van der Waals surface area contributed by atoms with E-state index in [1.54, 1.807) is 0 Å². The Morgan fingerprint density at radius 3 is 2.81 bits per heavy atom. The van der Waals surface area contributed by atoms with Crippen molar-refractivity contribution in [3.63, 3.8) is 0 Å². The van der Waals surface area contributed by atoms with Crippen LogP contribution in [-0.4, -0.2) is 20.6 Å². The number of thiophene rings is 1. The van der Waals surface area contributed by atoms with Gasteiger partial charge in [0.05, 0.1) is 11.7 Å². The molecule has 0 radical (unpaired) electrons. The summed E-state index contributed by atoms with van der Waals surface area (Å²) in [6, 6.07) is 9.48. The van der Waals surface area contributed by atoms with Gasteiger partial charge in [0.25, 0.3) is 5.56 Å². The maximum atomic E-state index is 12.9. The summed E-state index contributed by atoms with van der Waals surface area (Å²) in [6.07, 6.45) is 2.75. The smallest absolute Gasteiger partial charge is 0.263 e. The molecule has 0 atom stereocenters. The van der Waals surface area contributed by atoms with E-state index in [1.165, 1.54) is 34.6 Å². The molecule has 0 saturated heterocycles. The molecule has 0 aliphatic heterocycles. The van der Waals surface area contributed by atoms with E-state index in [0.29, 0.717) is 16.0 Å². The molecular formula is C18H14N4O3S. The highest BCUT2D eigenvalue weighted by Crippen LogP contribution is 2.30. The molecule has 8 heteroatoms. The number of hydrogen-bond acceptors (Lipinski definition) is 6. The Hall–Kier alpha value is -3.26. The Labute approximate surface area is 151 Å². The van der Waals surface area contributed by atoms with Gasteiger partial charge in [0.1, 0.15) is 17.6 Å². The van der Waals surface area contributed by atoms with Crippen LogP contribution in [0.25, 0.3) is 21.3 Å². The molecule has 3 heterocycles. The first-order chi connectivity index (χ1) is 12.6. The van der Waals surface area contributed by atoms with Crippen molar-refractivity contribution in [3.05, 3.63) is 64.2 Å². The zero-order valence-electron chi connectivity index (χ0n) is 13.8. The number of aromatic nitrogens is 3. The predicted octanol–water partition coefficient (Wildman–Crippen LogP) is 3.06. The van der Waals surface area contributed by atoms with Crippen LogP contribution in [0.1, 0.15) is 5.56 Å². The van der Waals surface area contributed by atoms with Gasteiger partial charge in [-0.3, -0.25) is 14.2 Å². The normalized spacial score (nSPS) is 11.0. The molecule has 0 unspecified atom stereocenters. The van der Waals surface area contributed by atoms with Gasteiger partial charge in [0.2, 0.25) is 5.91 Å². The number of carbonyl (C=O) groups excluding carboxylic acids is 1. The zero-order valence-corrected chi connectivity index (χ0v) is 14.6. The van der Waals surface area contributed by atoms with Crippen LogP contribution in [0.5, 0.6) is 0 Å². The van der Waals surface area contributed by atoms with Crippen molar-refractivity contribution in [2.75, 3.05) is 5.32 Å². The number of rotatable bonds is 4. The van der Waals surface area contributed by atoms with Gasteiger partial charge in [0, 0.05) is 17.0 Å². The van der Waals surface area contributed by atoms with E-state index < -0.39 is 0 Å². The van der Waals surface area contributed by atoms with E-state index in [1.807, 2.05) is 36.6 Å². The number of amides is 1. The molecule has 1 N–H and O–H groups in total. The summed E-state index contributed by atoms with van der Waals surface area (Å²) in [5.41, 5.74) is 2.68. The van der Waals surface area contributed by atoms with Gasteiger partial charge >= 0.3 is 0 Å². The van der Waals surface area contributed by atoms with E-state index in [4.69, 9.17) is 0 Å². The van der Waals surface area contributed by atoms with Gasteiger partial charge < -0.3 is 9.84 Å². The zero-order chi connectivity index (χ0) is 18.1. The van der Waals surface area contributed by atoms with Crippen molar-refractivity contribution in [1.82, 2.24) is 14.7 Å². The molecule has 1 aromatic carbocycles. The first kappa shape index (κ1) is 16.2. The maximum absolute atomic E-state index is 12.9. The fourth-order valence-electron chi connectivity index (χ4n) is 2.64. The highest BCUT2D eigenvalue weighted by Gasteiger charge is 2.15. The second-order valence-corrected chi connectivity index (χ2v) is 6.66. The van der Waals surface area contributed by atoms with Crippen LogP contribution in [0.15, 0.2) is 57.6 Å². The van der Waals surface area contributed by atoms with E-state index in [0.717, 1.165) is 16.7 Å². The number of carbonyl (C=O) groups is 1. The summed E-state index contributed by atoms with van der Waals surface area (Å²) < 4.78 is 5.96. The van der Waals surface area contributed by atoms with E-state index >= 15 is 0 Å². The lowest BCUT2D eigenvalue weighted by molar-refractivity contribution is -0.116. The van der Waals surface area contributed by atoms with Crippen molar-refractivity contribution in [2.24, 2.45) is 0 Å². The number of nitrogens with zero attached hydrogens (tertiary/aromatic N) is 3. The molecule has 4 aromatic rings. The average Bonchev–Trinajstić information content (AvgIpc) is 3.28. The number of aryl methyl sites for hydroxylation is 1. The molecule has 3 aromatic heterocycles. The summed E-state index contributed by atoms with van der Waals surface area (Å²) >= 11 is 1.41. The van der Waals surface area contributed by atoms with Crippen molar-refractivity contribution in [2.45, 2.75) is 13.5 Å². The third-order valence-corrected chi connectivity index (χ3v) is 4.83. The van der Waals surface area contributed by atoms with Gasteiger partial charge in [-0.1, -0.05) is 35.0 Å². The lowest BCUT2D eigenvalue weighted by Gasteiger charge is -2.06. The minimum absolute atomic E-state index is 0.155. The monoisotopic (exact) mass is 366 g/mol. The largest absolute Gasteiger partial charge is 0.363 e. The lowest BCUT2D eigenvalue weighted by Crippen LogP contribution is -2.27. The SMILES string of the molecule is Cc1ccc(-c2csc3ncn(CC(=O)Nc4ccon4)c(=O)c23)cc1. The Morgan fingerprint density at radius 1 is 1.27 bits per heavy atom. The minimum atomic E-state index is -0.380. The summed E-state index contributed by atoms with van der Waals surface area (Å²) in [5.74, 6) is -0.0813. The Bertz CT molecular complexity index is 1130. The van der Waals surface area contributed by atoms with Crippen molar-refractivity contribution < 1.29 is 9.32 Å².